The monoisotopic (exact) mass is 414 g/mol. The summed E-state index contributed by atoms with van der Waals surface area (Å²) < 4.78 is 5.79. The molecule has 2 unspecified atom stereocenters. The second kappa shape index (κ2) is 9.03. The lowest BCUT2D eigenvalue weighted by Crippen LogP contribution is -2.54. The molecule has 4 rings (SSSR count). The lowest BCUT2D eigenvalue weighted by Gasteiger charge is -2.27. The summed E-state index contributed by atoms with van der Waals surface area (Å²) in [5.74, 6) is -1.94. The Morgan fingerprint density at radius 3 is 2.87 bits per heavy atom. The van der Waals surface area contributed by atoms with Gasteiger partial charge >= 0.3 is 0 Å². The average molecular weight is 414 g/mol. The quantitative estimate of drug-likeness (QED) is 0.441. The molecule has 0 aromatic heterocycles. The third-order valence-electron chi connectivity index (χ3n) is 5.74. The number of hydrogen-bond acceptors (Lipinski definition) is 7. The number of carbonyl (C=O) groups excluding carboxylic acids is 4. The molecule has 1 aromatic carbocycles. The van der Waals surface area contributed by atoms with Crippen molar-refractivity contribution in [1.29, 1.82) is 0 Å². The van der Waals surface area contributed by atoms with Gasteiger partial charge in [-0.15, -0.1) is 0 Å². The van der Waals surface area contributed by atoms with Gasteiger partial charge in [0, 0.05) is 26.1 Å². The summed E-state index contributed by atoms with van der Waals surface area (Å²) in [6.45, 7) is 3.72. The van der Waals surface area contributed by atoms with E-state index < -0.39 is 23.8 Å². The average Bonchev–Trinajstić information content (AvgIpc) is 2.90. The van der Waals surface area contributed by atoms with E-state index >= 15 is 0 Å². The zero-order chi connectivity index (χ0) is 21.1. The predicted octanol–water partition coefficient (Wildman–Crippen LogP) is -0.0540. The third kappa shape index (κ3) is 4.14. The van der Waals surface area contributed by atoms with Crippen molar-refractivity contribution in [3.8, 4) is 0 Å². The summed E-state index contributed by atoms with van der Waals surface area (Å²) in [4.78, 5) is 50.5. The maximum atomic E-state index is 13.1. The largest absolute Gasteiger partial charge is 0.377 e. The summed E-state index contributed by atoms with van der Waals surface area (Å²) in [5, 5.41) is 8.89. The summed E-state index contributed by atoms with van der Waals surface area (Å²) in [6, 6.07) is 4.22. The van der Waals surface area contributed by atoms with E-state index in [2.05, 4.69) is 16.0 Å². The Morgan fingerprint density at radius 2 is 2.03 bits per heavy atom. The summed E-state index contributed by atoms with van der Waals surface area (Å²) in [6.07, 6.45) is 2.28. The van der Waals surface area contributed by atoms with Gasteiger partial charge < -0.3 is 15.4 Å². The van der Waals surface area contributed by atoms with E-state index in [9.17, 15) is 19.2 Å². The highest BCUT2D eigenvalue weighted by atomic mass is 16.5. The van der Waals surface area contributed by atoms with Gasteiger partial charge in [-0.1, -0.05) is 12.1 Å². The van der Waals surface area contributed by atoms with E-state index in [0.29, 0.717) is 17.7 Å². The second-order valence-corrected chi connectivity index (χ2v) is 7.80. The molecule has 2 saturated heterocycles. The zero-order valence-electron chi connectivity index (χ0n) is 16.7. The van der Waals surface area contributed by atoms with Crippen LogP contribution in [0, 0.1) is 0 Å². The molecule has 3 heterocycles. The van der Waals surface area contributed by atoms with Crippen LogP contribution in [0.4, 0.5) is 0 Å². The number of nitrogens with zero attached hydrogens (tertiary/aromatic N) is 1. The van der Waals surface area contributed by atoms with E-state index in [0.717, 1.165) is 49.5 Å². The van der Waals surface area contributed by atoms with Crippen molar-refractivity contribution in [3.05, 3.63) is 34.9 Å². The second-order valence-electron chi connectivity index (χ2n) is 7.80. The number of ether oxygens (including phenoxy) is 1. The van der Waals surface area contributed by atoms with Crippen LogP contribution in [-0.4, -0.2) is 66.9 Å². The number of hydrogen-bond donors (Lipinski definition) is 3. The topological polar surface area (TPSA) is 117 Å². The van der Waals surface area contributed by atoms with Crippen LogP contribution in [0.1, 0.15) is 52.0 Å². The van der Waals surface area contributed by atoms with Gasteiger partial charge in [-0.05, 0) is 44.0 Å². The summed E-state index contributed by atoms with van der Waals surface area (Å²) in [5.41, 5.74) is 1.37. The highest BCUT2D eigenvalue weighted by Gasteiger charge is 2.45. The van der Waals surface area contributed by atoms with Crippen molar-refractivity contribution < 1.29 is 23.9 Å². The Morgan fingerprint density at radius 1 is 1.17 bits per heavy atom. The standard InChI is InChI=1S/C21H26N4O5/c26-17-6-5-16(19(27)24-17)25-20(28)15-4-1-3-13(18(15)21(25)29)11-23-9-7-14-12-22-8-2-10-30-14/h1,3-4,14,16,22-23H,2,5-12H2,(H,24,26,27). The van der Waals surface area contributed by atoms with Gasteiger partial charge in [-0.25, -0.2) is 0 Å². The van der Waals surface area contributed by atoms with E-state index in [4.69, 9.17) is 4.74 Å². The number of amides is 4. The SMILES string of the molecule is O=C1CCC(N2C(=O)c3cccc(CNCCC4CNCCCO4)c3C2=O)C(=O)N1. The maximum absolute atomic E-state index is 13.1. The Bertz CT molecular complexity index is 863. The molecule has 4 amide bonds. The van der Waals surface area contributed by atoms with E-state index in [-0.39, 0.29) is 24.9 Å². The number of piperidine rings is 1. The minimum atomic E-state index is -0.948. The fourth-order valence-corrected chi connectivity index (χ4v) is 4.17. The molecule has 9 heteroatoms. The zero-order valence-corrected chi connectivity index (χ0v) is 16.7. The molecule has 3 aliphatic heterocycles. The molecule has 2 fully saturated rings. The fraction of sp³-hybridized carbons (Fsp3) is 0.524. The number of carbonyl (C=O) groups is 4. The van der Waals surface area contributed by atoms with Gasteiger partial charge in [-0.3, -0.25) is 29.4 Å². The smallest absolute Gasteiger partial charge is 0.262 e. The lowest BCUT2D eigenvalue weighted by molar-refractivity contribution is -0.136. The summed E-state index contributed by atoms with van der Waals surface area (Å²) >= 11 is 0. The Labute approximate surface area is 174 Å². The Kier molecular flexibility index (Phi) is 6.21. The molecular weight excluding hydrogens is 388 g/mol. The van der Waals surface area contributed by atoms with E-state index in [1.54, 1.807) is 12.1 Å². The molecule has 30 heavy (non-hydrogen) atoms. The van der Waals surface area contributed by atoms with Crippen molar-refractivity contribution in [3.63, 3.8) is 0 Å². The van der Waals surface area contributed by atoms with Crippen LogP contribution in [0.25, 0.3) is 0 Å². The van der Waals surface area contributed by atoms with Crippen LogP contribution in [0.15, 0.2) is 18.2 Å². The van der Waals surface area contributed by atoms with Gasteiger partial charge in [0.2, 0.25) is 11.8 Å². The number of fused-ring (bicyclic) bond motifs is 1. The molecule has 0 bridgehead atoms. The first-order chi connectivity index (χ1) is 14.6. The minimum Gasteiger partial charge on any atom is -0.377 e. The van der Waals surface area contributed by atoms with Crippen LogP contribution < -0.4 is 16.0 Å². The Balaban J connectivity index is 1.41. The van der Waals surface area contributed by atoms with E-state index in [1.165, 1.54) is 0 Å². The number of imide groups is 2. The first-order valence-electron chi connectivity index (χ1n) is 10.4. The van der Waals surface area contributed by atoms with Crippen molar-refractivity contribution in [2.24, 2.45) is 0 Å². The normalized spacial score (nSPS) is 24.6. The van der Waals surface area contributed by atoms with Gasteiger partial charge in [-0.2, -0.15) is 0 Å². The third-order valence-corrected chi connectivity index (χ3v) is 5.74. The fourth-order valence-electron chi connectivity index (χ4n) is 4.17. The Hall–Kier alpha value is -2.62. The molecule has 0 spiro atoms. The van der Waals surface area contributed by atoms with Crippen molar-refractivity contribution >= 4 is 23.6 Å². The molecule has 0 radical (unpaired) electrons. The first kappa shape index (κ1) is 20.6. The molecule has 1 aromatic rings. The molecular formula is C21H26N4O5. The number of benzene rings is 1. The predicted molar refractivity (Wildman–Crippen MR) is 107 cm³/mol. The van der Waals surface area contributed by atoms with Gasteiger partial charge in [0.1, 0.15) is 6.04 Å². The van der Waals surface area contributed by atoms with Crippen molar-refractivity contribution in [2.75, 3.05) is 26.2 Å². The summed E-state index contributed by atoms with van der Waals surface area (Å²) in [7, 11) is 0. The van der Waals surface area contributed by atoms with Crippen LogP contribution in [0.2, 0.25) is 0 Å². The number of rotatable bonds is 6. The molecule has 0 saturated carbocycles. The first-order valence-corrected chi connectivity index (χ1v) is 10.4. The maximum Gasteiger partial charge on any atom is 0.262 e. The van der Waals surface area contributed by atoms with Crippen LogP contribution in [0.5, 0.6) is 0 Å². The molecule has 3 N–H and O–H groups in total. The molecule has 3 aliphatic rings. The van der Waals surface area contributed by atoms with Gasteiger partial charge in [0.15, 0.2) is 0 Å². The molecule has 2 atom stereocenters. The lowest BCUT2D eigenvalue weighted by atomic mass is 10.0. The van der Waals surface area contributed by atoms with E-state index in [1.807, 2.05) is 6.07 Å². The van der Waals surface area contributed by atoms with Crippen LogP contribution in [-0.2, 0) is 20.9 Å². The van der Waals surface area contributed by atoms with Crippen LogP contribution in [0.3, 0.4) is 0 Å². The van der Waals surface area contributed by atoms with Gasteiger partial charge in [0.25, 0.3) is 11.8 Å². The highest BCUT2D eigenvalue weighted by Crippen LogP contribution is 2.29. The molecule has 9 nitrogen and oxygen atoms in total. The molecule has 160 valence electrons. The highest BCUT2D eigenvalue weighted by molar-refractivity contribution is 6.24. The minimum absolute atomic E-state index is 0.107. The number of nitrogens with one attached hydrogen (secondary N) is 3. The molecule has 0 aliphatic carbocycles. The van der Waals surface area contributed by atoms with Crippen molar-refractivity contribution in [2.45, 2.75) is 44.4 Å². The van der Waals surface area contributed by atoms with Gasteiger partial charge in [0.05, 0.1) is 17.2 Å². The van der Waals surface area contributed by atoms with Crippen LogP contribution >= 0.6 is 0 Å². The van der Waals surface area contributed by atoms with Crippen molar-refractivity contribution in [1.82, 2.24) is 20.9 Å².